The summed E-state index contributed by atoms with van der Waals surface area (Å²) in [5, 5.41) is 10.4. The van der Waals surface area contributed by atoms with Gasteiger partial charge in [-0.05, 0) is 48.7 Å². The summed E-state index contributed by atoms with van der Waals surface area (Å²) in [6.45, 7) is 3.51. The van der Waals surface area contributed by atoms with Gasteiger partial charge >= 0.3 is 17.5 Å². The van der Waals surface area contributed by atoms with Crippen LogP contribution in [0, 0.1) is 35.5 Å². The van der Waals surface area contributed by atoms with Crippen LogP contribution < -0.4 is 0 Å². The fourth-order valence-corrected chi connectivity index (χ4v) is 6.18. The predicted molar refractivity (Wildman–Crippen MR) is 73.3 cm³/mol. The Hall–Kier alpha value is -1.71. The highest BCUT2D eigenvalue weighted by Crippen LogP contribution is 2.68. The van der Waals surface area contributed by atoms with Crippen molar-refractivity contribution in [2.45, 2.75) is 31.0 Å². The Bertz CT molecular complexity index is 687. The van der Waals surface area contributed by atoms with Crippen molar-refractivity contribution in [2.75, 3.05) is 0 Å². The first-order chi connectivity index (χ1) is 10.6. The van der Waals surface area contributed by atoms with E-state index in [0.29, 0.717) is 11.8 Å². The second-order valence-electron chi connectivity index (χ2n) is 7.35. The molecule has 0 aromatic rings. The lowest BCUT2D eigenvalue weighted by Crippen LogP contribution is -2.65. The lowest BCUT2D eigenvalue weighted by molar-refractivity contribution is -0.559. The van der Waals surface area contributed by atoms with E-state index >= 15 is 0 Å². The van der Waals surface area contributed by atoms with E-state index in [2.05, 4.69) is 18.6 Å². The summed E-state index contributed by atoms with van der Waals surface area (Å²) in [5.41, 5.74) is 3.37. The van der Waals surface area contributed by atoms with Crippen molar-refractivity contribution in [3.8, 4) is 0 Å². The summed E-state index contributed by atoms with van der Waals surface area (Å²) < 4.78 is 10.2. The van der Waals surface area contributed by atoms with Crippen molar-refractivity contribution >= 4 is 18.7 Å². The fraction of sp³-hybridized carbons (Fsp3) is 0.647. The van der Waals surface area contributed by atoms with Crippen LogP contribution in [0.3, 0.4) is 0 Å². The van der Waals surface area contributed by atoms with E-state index in [-0.39, 0.29) is 17.8 Å². The van der Waals surface area contributed by atoms with Crippen molar-refractivity contribution in [1.29, 1.82) is 0 Å². The molecule has 22 heavy (non-hydrogen) atoms. The average molecular weight is 301 g/mol. The molecule has 3 saturated carbocycles. The molecule has 0 spiro atoms. The number of fused-ring (bicyclic) bond motifs is 11. The summed E-state index contributed by atoms with van der Waals surface area (Å²) in [7, 11) is 0. The molecule has 0 amide bonds. The van der Waals surface area contributed by atoms with Gasteiger partial charge in [0, 0.05) is 5.92 Å². The highest BCUT2D eigenvalue weighted by molar-refractivity contribution is 5.97. The number of carbonyl (C=O) groups is 2. The first-order valence-electron chi connectivity index (χ1n) is 7.91. The molecule has 4 aliphatic carbocycles. The number of rotatable bonds is 1. The number of aliphatic hydroxyl groups is 1. The topological polar surface area (TPSA) is 74.9 Å². The van der Waals surface area contributed by atoms with Crippen LogP contribution in [0.4, 0.5) is 0 Å². The zero-order valence-corrected chi connectivity index (χ0v) is 12.0. The second kappa shape index (κ2) is 3.79. The number of carbonyl (C=O) groups excluding carboxylic acids is 3. The van der Waals surface area contributed by atoms with Gasteiger partial charge in [0.15, 0.2) is 6.10 Å². The van der Waals surface area contributed by atoms with Gasteiger partial charge in [0.2, 0.25) is 0 Å². The molecule has 0 aromatic carbocycles. The molecule has 5 aliphatic rings. The number of hydrogen-bond donors (Lipinski definition) is 1. The number of aliphatic hydroxyl groups excluding tert-OH is 1. The third-order valence-electron chi connectivity index (χ3n) is 6.77. The quantitative estimate of drug-likeness (QED) is 0.332. The van der Waals surface area contributed by atoms with E-state index in [9.17, 15) is 14.7 Å². The van der Waals surface area contributed by atoms with Crippen molar-refractivity contribution in [3.05, 3.63) is 17.4 Å². The Labute approximate surface area is 127 Å². The van der Waals surface area contributed by atoms with Gasteiger partial charge in [-0.1, -0.05) is 0 Å². The van der Waals surface area contributed by atoms with Gasteiger partial charge in [-0.15, -0.1) is 5.73 Å². The van der Waals surface area contributed by atoms with Gasteiger partial charge in [-0.2, -0.15) is 0 Å². The number of esters is 2. The molecular weight excluding hydrogens is 284 g/mol. The molecule has 8 atom stereocenters. The van der Waals surface area contributed by atoms with Crippen LogP contribution in [0.2, 0.25) is 0 Å². The minimum atomic E-state index is -1.29. The molecule has 0 aromatic heterocycles. The maximum Gasteiger partial charge on any atom is 0.418 e. The van der Waals surface area contributed by atoms with E-state index < -0.39 is 29.6 Å². The molecule has 114 valence electrons. The third kappa shape index (κ3) is 1.17. The molecule has 5 nitrogen and oxygen atoms in total. The second-order valence-corrected chi connectivity index (χ2v) is 7.35. The molecule has 8 unspecified atom stereocenters. The monoisotopic (exact) mass is 301 g/mol. The Morgan fingerprint density at radius 2 is 2.18 bits per heavy atom. The van der Waals surface area contributed by atoms with E-state index in [4.69, 9.17) is 9.16 Å². The van der Waals surface area contributed by atoms with Crippen LogP contribution in [0.15, 0.2) is 17.4 Å². The number of ether oxygens (including phenoxy) is 1. The minimum Gasteiger partial charge on any atom is -0.384 e. The molecule has 0 radical (unpaired) electrons. The molecule has 1 aliphatic heterocycles. The zero-order chi connectivity index (χ0) is 15.2. The molecule has 4 bridgehead atoms. The van der Waals surface area contributed by atoms with Gasteiger partial charge in [0.05, 0.1) is 5.92 Å². The largest absolute Gasteiger partial charge is 0.418 e. The summed E-state index contributed by atoms with van der Waals surface area (Å²) in [4.78, 5) is 24.3. The average Bonchev–Trinajstić information content (AvgIpc) is 3.16. The zero-order valence-electron chi connectivity index (χ0n) is 12.0. The van der Waals surface area contributed by atoms with Crippen molar-refractivity contribution in [2.24, 2.45) is 35.5 Å². The smallest absolute Gasteiger partial charge is 0.384 e. The van der Waals surface area contributed by atoms with E-state index in [1.807, 2.05) is 0 Å². The summed E-state index contributed by atoms with van der Waals surface area (Å²) >= 11 is 0. The van der Waals surface area contributed by atoms with Gasteiger partial charge < -0.3 is 9.84 Å². The summed E-state index contributed by atoms with van der Waals surface area (Å²) in [6, 6.07) is 0. The van der Waals surface area contributed by atoms with E-state index in [1.165, 1.54) is 5.57 Å². The van der Waals surface area contributed by atoms with Gasteiger partial charge in [-0.25, -0.2) is 9.59 Å². The first-order valence-corrected chi connectivity index (χ1v) is 7.91. The predicted octanol–water partition coefficient (Wildman–Crippen LogP) is 0.537. The molecule has 1 N–H and O–H groups in total. The van der Waals surface area contributed by atoms with Crippen LogP contribution in [-0.2, 0) is 18.8 Å². The van der Waals surface area contributed by atoms with Crippen LogP contribution >= 0.6 is 0 Å². The minimum absolute atomic E-state index is 0.0739. The molecule has 1 heterocycles. The lowest BCUT2D eigenvalue weighted by Gasteiger charge is -2.45. The standard InChI is InChI=1S/C17H17O5/c1-21-17-11-6-10(13(17)14(18)15(19)22-16(17)20)9-5-7-2-3-8(4-7)12(9)11/h2,7,9-14,18H,1,4-6H2/q+1. The Kier molecular flexibility index (Phi) is 2.20. The Morgan fingerprint density at radius 1 is 1.36 bits per heavy atom. The molecular formula is C17H17O5+. The van der Waals surface area contributed by atoms with Crippen LogP contribution in [0.5, 0.6) is 0 Å². The van der Waals surface area contributed by atoms with E-state index in [1.54, 1.807) is 0 Å². The van der Waals surface area contributed by atoms with Gasteiger partial charge in [0.1, 0.15) is 5.92 Å². The highest BCUT2D eigenvalue weighted by Gasteiger charge is 2.82. The number of hydrogen-bond acceptors (Lipinski definition) is 4. The SMILES string of the molecule is C=[O+]C12C(=O)OC(=O)C(O)C1C1CC2C2C3=C=CC(C3)CC12. The Balaban J connectivity index is 1.67. The maximum atomic E-state index is 12.5. The van der Waals surface area contributed by atoms with Crippen molar-refractivity contribution in [1.82, 2.24) is 0 Å². The number of cyclic esters (lactones) is 2. The summed E-state index contributed by atoms with van der Waals surface area (Å²) in [5.74, 6) is -0.846. The van der Waals surface area contributed by atoms with Crippen molar-refractivity contribution < 1.29 is 23.9 Å². The fourth-order valence-electron chi connectivity index (χ4n) is 6.18. The maximum absolute atomic E-state index is 12.5. The van der Waals surface area contributed by atoms with Crippen LogP contribution in [-0.4, -0.2) is 35.5 Å². The van der Waals surface area contributed by atoms with Gasteiger partial charge in [-0.3, -0.25) is 4.42 Å². The highest BCUT2D eigenvalue weighted by atomic mass is 16.6. The van der Waals surface area contributed by atoms with E-state index in [0.717, 1.165) is 19.3 Å². The Morgan fingerprint density at radius 3 is 2.95 bits per heavy atom. The van der Waals surface area contributed by atoms with Crippen molar-refractivity contribution in [3.63, 3.8) is 0 Å². The molecule has 5 rings (SSSR count). The number of allylic oxidation sites excluding steroid dienone is 1. The lowest BCUT2D eigenvalue weighted by atomic mass is 9.57. The van der Waals surface area contributed by atoms with Gasteiger partial charge in [0.25, 0.3) is 6.79 Å². The normalized spacial score (nSPS) is 53.9. The third-order valence-corrected chi connectivity index (χ3v) is 6.77. The molecule has 1 saturated heterocycles. The van der Waals surface area contributed by atoms with Crippen LogP contribution in [0.25, 0.3) is 0 Å². The van der Waals surface area contributed by atoms with Crippen LogP contribution in [0.1, 0.15) is 19.3 Å². The first kappa shape index (κ1) is 12.8. The summed E-state index contributed by atoms with van der Waals surface area (Å²) in [6.07, 6.45) is 3.68. The molecule has 5 heteroatoms. The molecule has 4 fully saturated rings.